The summed E-state index contributed by atoms with van der Waals surface area (Å²) < 4.78 is 10.4. The molecule has 0 bridgehead atoms. The molecule has 25 heavy (non-hydrogen) atoms. The molecule has 2 aromatic carbocycles. The van der Waals surface area contributed by atoms with E-state index in [2.05, 4.69) is 4.99 Å². The highest BCUT2D eigenvalue weighted by atomic mass is 16.6. The second-order valence-corrected chi connectivity index (χ2v) is 5.70. The number of esters is 2. The minimum Gasteiger partial charge on any atom is -0.420 e. The first-order valence-corrected chi connectivity index (χ1v) is 7.73. The Bertz CT molecular complexity index is 981. The first kappa shape index (κ1) is 15.1. The average Bonchev–Trinajstić information content (AvgIpc) is 3.15. The lowest BCUT2D eigenvalue weighted by Gasteiger charge is -1.98. The maximum Gasteiger partial charge on any atom is 0.367 e. The van der Waals surface area contributed by atoms with Gasteiger partial charge in [-0.15, -0.1) is 0 Å². The monoisotopic (exact) mass is 331 g/mol. The molecule has 2 aromatic rings. The Kier molecular flexibility index (Phi) is 3.54. The molecule has 0 aromatic heterocycles. The standard InChI is InChI=1S/C20H13NO4/c1-12-6-8-13(9-7-12)10-11-16-21-17(20(23)24-16)18-14-4-2-3-5-15(14)19(22)25-18/h2-11H,1H3. The smallest absolute Gasteiger partial charge is 0.367 e. The fourth-order valence-electron chi connectivity index (χ4n) is 2.62. The molecule has 0 amide bonds. The summed E-state index contributed by atoms with van der Waals surface area (Å²) in [6.07, 6.45) is 3.41. The number of hydrogen-bond acceptors (Lipinski definition) is 5. The van der Waals surface area contributed by atoms with Crippen molar-refractivity contribution in [1.82, 2.24) is 0 Å². The normalized spacial score (nSPS) is 19.0. The van der Waals surface area contributed by atoms with Crippen LogP contribution in [0.3, 0.4) is 0 Å². The maximum atomic E-state index is 12.1. The third-order valence-corrected chi connectivity index (χ3v) is 3.91. The van der Waals surface area contributed by atoms with Crippen molar-refractivity contribution in [3.8, 4) is 0 Å². The van der Waals surface area contributed by atoms with Crippen LogP contribution in [0.5, 0.6) is 0 Å². The van der Waals surface area contributed by atoms with Crippen LogP contribution in [0.25, 0.3) is 11.8 Å². The Morgan fingerprint density at radius 3 is 2.32 bits per heavy atom. The maximum absolute atomic E-state index is 12.1. The molecule has 0 saturated heterocycles. The first-order valence-electron chi connectivity index (χ1n) is 7.73. The summed E-state index contributed by atoms with van der Waals surface area (Å²) >= 11 is 0. The van der Waals surface area contributed by atoms with Crippen molar-refractivity contribution in [2.24, 2.45) is 4.99 Å². The lowest BCUT2D eigenvalue weighted by atomic mass is 10.1. The van der Waals surface area contributed by atoms with E-state index in [4.69, 9.17) is 9.47 Å². The number of carbonyl (C=O) groups excluding carboxylic acids is 2. The zero-order valence-corrected chi connectivity index (χ0v) is 13.4. The van der Waals surface area contributed by atoms with Crippen molar-refractivity contribution in [2.45, 2.75) is 6.92 Å². The Labute approximate surface area is 143 Å². The van der Waals surface area contributed by atoms with Crippen LogP contribution in [0.15, 0.2) is 65.3 Å². The highest BCUT2D eigenvalue weighted by Crippen LogP contribution is 2.34. The van der Waals surface area contributed by atoms with Crippen LogP contribution in [0.2, 0.25) is 0 Å². The quantitative estimate of drug-likeness (QED) is 0.624. The van der Waals surface area contributed by atoms with E-state index in [0.717, 1.165) is 11.1 Å². The molecule has 0 atom stereocenters. The van der Waals surface area contributed by atoms with E-state index < -0.39 is 11.9 Å². The van der Waals surface area contributed by atoms with E-state index in [1.807, 2.05) is 31.2 Å². The largest absolute Gasteiger partial charge is 0.420 e. The van der Waals surface area contributed by atoms with Crippen molar-refractivity contribution < 1.29 is 19.1 Å². The van der Waals surface area contributed by atoms with Gasteiger partial charge in [-0.05, 0) is 24.6 Å². The summed E-state index contributed by atoms with van der Waals surface area (Å²) in [6, 6.07) is 14.8. The molecule has 2 heterocycles. The van der Waals surface area contributed by atoms with Crippen molar-refractivity contribution in [3.63, 3.8) is 0 Å². The molecule has 2 aliphatic rings. The molecule has 5 nitrogen and oxygen atoms in total. The summed E-state index contributed by atoms with van der Waals surface area (Å²) in [4.78, 5) is 28.2. The molecule has 0 fully saturated rings. The van der Waals surface area contributed by atoms with Gasteiger partial charge in [0.2, 0.25) is 5.90 Å². The molecular weight excluding hydrogens is 318 g/mol. The summed E-state index contributed by atoms with van der Waals surface area (Å²) in [5.74, 6) is -0.828. The minimum absolute atomic E-state index is 0.00172. The zero-order chi connectivity index (χ0) is 17.4. The molecule has 5 heteroatoms. The molecule has 0 unspecified atom stereocenters. The fraction of sp³-hybridized carbons (Fsp3) is 0.0500. The van der Waals surface area contributed by atoms with Gasteiger partial charge in [0.1, 0.15) is 0 Å². The number of carbonyl (C=O) groups is 2. The summed E-state index contributed by atoms with van der Waals surface area (Å²) in [7, 11) is 0. The SMILES string of the molecule is Cc1ccc(C=CC2=NC(=C3OC(=O)c4ccccc43)C(=O)O2)cc1. The molecule has 2 aliphatic heterocycles. The highest BCUT2D eigenvalue weighted by Gasteiger charge is 2.34. The molecule has 0 N–H and O–H groups in total. The number of nitrogens with zero attached hydrogens (tertiary/aromatic N) is 1. The molecule has 0 saturated carbocycles. The van der Waals surface area contributed by atoms with Gasteiger partial charge in [-0.25, -0.2) is 14.6 Å². The number of cyclic esters (lactones) is 2. The van der Waals surface area contributed by atoms with Crippen LogP contribution >= 0.6 is 0 Å². The third-order valence-electron chi connectivity index (χ3n) is 3.91. The number of hydrogen-bond donors (Lipinski definition) is 0. The zero-order valence-electron chi connectivity index (χ0n) is 13.4. The van der Waals surface area contributed by atoms with Crippen LogP contribution in [-0.2, 0) is 14.3 Å². The van der Waals surface area contributed by atoms with Crippen LogP contribution in [0.4, 0.5) is 0 Å². The molecular formula is C20H13NO4. The van der Waals surface area contributed by atoms with E-state index in [0.29, 0.717) is 11.1 Å². The van der Waals surface area contributed by atoms with Gasteiger partial charge < -0.3 is 9.47 Å². The predicted molar refractivity (Wildman–Crippen MR) is 92.5 cm³/mol. The van der Waals surface area contributed by atoms with Crippen LogP contribution in [-0.4, -0.2) is 17.8 Å². The lowest BCUT2D eigenvalue weighted by molar-refractivity contribution is -0.130. The van der Waals surface area contributed by atoms with Gasteiger partial charge in [0.05, 0.1) is 5.56 Å². The molecule has 4 rings (SSSR count). The molecule has 0 aliphatic carbocycles. The number of rotatable bonds is 2. The predicted octanol–water partition coefficient (Wildman–Crippen LogP) is 3.50. The van der Waals surface area contributed by atoms with Gasteiger partial charge >= 0.3 is 11.9 Å². The van der Waals surface area contributed by atoms with E-state index in [-0.39, 0.29) is 17.4 Å². The van der Waals surface area contributed by atoms with Crippen LogP contribution in [0.1, 0.15) is 27.0 Å². The lowest BCUT2D eigenvalue weighted by Crippen LogP contribution is -2.03. The van der Waals surface area contributed by atoms with Crippen molar-refractivity contribution >= 4 is 29.7 Å². The molecule has 0 spiro atoms. The number of benzene rings is 2. The van der Waals surface area contributed by atoms with Crippen molar-refractivity contribution in [1.29, 1.82) is 0 Å². The highest BCUT2D eigenvalue weighted by molar-refractivity contribution is 6.15. The number of aliphatic imine (C=N–C) groups is 1. The van der Waals surface area contributed by atoms with E-state index in [1.165, 1.54) is 0 Å². The second-order valence-electron chi connectivity index (χ2n) is 5.70. The van der Waals surface area contributed by atoms with E-state index in [9.17, 15) is 9.59 Å². The summed E-state index contributed by atoms with van der Waals surface area (Å²) in [5.41, 5.74) is 3.09. The topological polar surface area (TPSA) is 65.0 Å². The second kappa shape index (κ2) is 5.87. The number of ether oxygens (including phenoxy) is 2. The van der Waals surface area contributed by atoms with Gasteiger partial charge in [0, 0.05) is 11.6 Å². The van der Waals surface area contributed by atoms with Gasteiger partial charge in [-0.1, -0.05) is 48.0 Å². The number of aryl methyl sites for hydroxylation is 1. The molecule has 122 valence electrons. The van der Waals surface area contributed by atoms with Crippen molar-refractivity contribution in [3.05, 3.63) is 82.6 Å². The number of fused-ring (bicyclic) bond motifs is 1. The summed E-state index contributed by atoms with van der Waals surface area (Å²) in [5, 5.41) is 0. The Hall–Kier alpha value is -3.47. The van der Waals surface area contributed by atoms with E-state index in [1.54, 1.807) is 36.4 Å². The Morgan fingerprint density at radius 1 is 0.840 bits per heavy atom. The fourth-order valence-corrected chi connectivity index (χ4v) is 2.62. The van der Waals surface area contributed by atoms with E-state index >= 15 is 0 Å². The van der Waals surface area contributed by atoms with Gasteiger partial charge in [-0.2, -0.15) is 0 Å². The van der Waals surface area contributed by atoms with Gasteiger partial charge in [0.15, 0.2) is 11.5 Å². The van der Waals surface area contributed by atoms with Gasteiger partial charge in [-0.3, -0.25) is 0 Å². The Morgan fingerprint density at radius 2 is 1.56 bits per heavy atom. The van der Waals surface area contributed by atoms with Crippen molar-refractivity contribution in [2.75, 3.05) is 0 Å². The first-order chi connectivity index (χ1) is 12.1. The summed E-state index contributed by atoms with van der Waals surface area (Å²) in [6.45, 7) is 2.01. The minimum atomic E-state index is -0.636. The van der Waals surface area contributed by atoms with Gasteiger partial charge in [0.25, 0.3) is 0 Å². The third kappa shape index (κ3) is 2.76. The Balaban J connectivity index is 1.67. The van der Waals surface area contributed by atoms with Crippen LogP contribution < -0.4 is 0 Å². The molecule has 0 radical (unpaired) electrons. The van der Waals surface area contributed by atoms with Crippen LogP contribution in [0, 0.1) is 6.92 Å². The average molecular weight is 331 g/mol.